The van der Waals surface area contributed by atoms with Crippen molar-refractivity contribution in [3.8, 4) is 6.07 Å². The maximum Gasteiger partial charge on any atom is 0.222 e. The second kappa shape index (κ2) is 6.01. The molecule has 0 saturated heterocycles. The third kappa shape index (κ3) is 5.30. The predicted molar refractivity (Wildman–Crippen MR) is 70.0 cm³/mol. The maximum atomic E-state index is 11.5. The van der Waals surface area contributed by atoms with E-state index in [0.29, 0.717) is 18.7 Å². The van der Waals surface area contributed by atoms with Gasteiger partial charge in [-0.3, -0.25) is 4.79 Å². The van der Waals surface area contributed by atoms with Crippen molar-refractivity contribution in [3.05, 3.63) is 24.0 Å². The van der Waals surface area contributed by atoms with Crippen LogP contribution in [0.3, 0.4) is 0 Å². The van der Waals surface area contributed by atoms with Crippen molar-refractivity contribution in [2.75, 3.05) is 11.9 Å². The highest BCUT2D eigenvalue weighted by Crippen LogP contribution is 2.05. The van der Waals surface area contributed by atoms with Crippen LogP contribution in [-0.4, -0.2) is 23.0 Å². The number of nitriles is 1. The summed E-state index contributed by atoms with van der Waals surface area (Å²) in [7, 11) is 0. The van der Waals surface area contributed by atoms with E-state index in [1.165, 1.54) is 0 Å². The average molecular weight is 246 g/mol. The highest BCUT2D eigenvalue weighted by molar-refractivity contribution is 5.77. The number of aromatic nitrogens is 1. The number of pyridine rings is 1. The smallest absolute Gasteiger partial charge is 0.222 e. The number of anilines is 1. The van der Waals surface area contributed by atoms with E-state index >= 15 is 0 Å². The second-order valence-corrected chi connectivity index (χ2v) is 5.02. The first-order valence-corrected chi connectivity index (χ1v) is 5.82. The van der Waals surface area contributed by atoms with Crippen molar-refractivity contribution in [2.24, 2.45) is 0 Å². The van der Waals surface area contributed by atoms with Crippen molar-refractivity contribution in [1.82, 2.24) is 10.3 Å². The summed E-state index contributed by atoms with van der Waals surface area (Å²) in [5, 5.41) is 14.6. The van der Waals surface area contributed by atoms with Gasteiger partial charge in [0.25, 0.3) is 0 Å². The maximum absolute atomic E-state index is 11.5. The molecule has 0 spiro atoms. The monoisotopic (exact) mass is 246 g/mol. The molecule has 0 unspecified atom stereocenters. The predicted octanol–water partition coefficient (Wildman–Crippen LogP) is 1.67. The minimum absolute atomic E-state index is 0.0107. The van der Waals surface area contributed by atoms with E-state index in [2.05, 4.69) is 15.6 Å². The summed E-state index contributed by atoms with van der Waals surface area (Å²) in [4.78, 5) is 15.5. The first-order chi connectivity index (χ1) is 8.40. The lowest BCUT2D eigenvalue weighted by molar-refractivity contribution is -0.122. The average Bonchev–Trinajstić information content (AvgIpc) is 2.27. The summed E-state index contributed by atoms with van der Waals surface area (Å²) in [6, 6.07) is 5.36. The Morgan fingerprint density at radius 2 is 2.17 bits per heavy atom. The van der Waals surface area contributed by atoms with Crippen LogP contribution in [0.25, 0.3) is 0 Å². The third-order valence-electron chi connectivity index (χ3n) is 2.07. The number of amides is 1. The number of hydrogen-bond donors (Lipinski definition) is 2. The minimum Gasteiger partial charge on any atom is -0.383 e. The van der Waals surface area contributed by atoms with Gasteiger partial charge in [0.1, 0.15) is 11.8 Å². The van der Waals surface area contributed by atoms with Crippen LogP contribution in [0.4, 0.5) is 5.69 Å². The Labute approximate surface area is 107 Å². The molecular weight excluding hydrogens is 228 g/mol. The first-order valence-electron chi connectivity index (χ1n) is 5.82. The Morgan fingerprint density at radius 1 is 1.44 bits per heavy atom. The molecular formula is C13H18N4O. The fraction of sp³-hybridized carbons (Fsp3) is 0.462. The van der Waals surface area contributed by atoms with E-state index in [1.807, 2.05) is 26.8 Å². The summed E-state index contributed by atoms with van der Waals surface area (Å²) in [5.41, 5.74) is 0.983. The molecule has 1 aromatic heterocycles. The Kier molecular flexibility index (Phi) is 4.67. The highest BCUT2D eigenvalue weighted by atomic mass is 16.1. The molecule has 0 bridgehead atoms. The molecule has 2 N–H and O–H groups in total. The zero-order valence-corrected chi connectivity index (χ0v) is 10.9. The van der Waals surface area contributed by atoms with Gasteiger partial charge < -0.3 is 10.6 Å². The molecule has 0 radical (unpaired) electrons. The molecule has 18 heavy (non-hydrogen) atoms. The quantitative estimate of drug-likeness (QED) is 0.847. The molecule has 0 aliphatic carbocycles. The number of nitrogens with one attached hydrogen (secondary N) is 2. The number of nitrogens with zero attached hydrogens (tertiary/aromatic N) is 2. The molecule has 96 valence electrons. The van der Waals surface area contributed by atoms with Gasteiger partial charge in [0.15, 0.2) is 0 Å². The van der Waals surface area contributed by atoms with Crippen molar-refractivity contribution >= 4 is 11.6 Å². The zero-order chi connectivity index (χ0) is 13.6. The lowest BCUT2D eigenvalue weighted by Gasteiger charge is -2.20. The van der Waals surface area contributed by atoms with E-state index in [0.717, 1.165) is 5.69 Å². The van der Waals surface area contributed by atoms with E-state index in [9.17, 15) is 4.79 Å². The topological polar surface area (TPSA) is 77.8 Å². The molecule has 1 heterocycles. The number of carbonyl (C=O) groups excluding carboxylic acids is 1. The molecule has 0 fully saturated rings. The summed E-state index contributed by atoms with van der Waals surface area (Å²) < 4.78 is 0. The van der Waals surface area contributed by atoms with Crippen molar-refractivity contribution in [3.63, 3.8) is 0 Å². The van der Waals surface area contributed by atoms with E-state index in [4.69, 9.17) is 5.26 Å². The zero-order valence-electron chi connectivity index (χ0n) is 10.9. The van der Waals surface area contributed by atoms with Gasteiger partial charge in [-0.15, -0.1) is 0 Å². The van der Waals surface area contributed by atoms with Crippen molar-refractivity contribution in [1.29, 1.82) is 5.26 Å². The van der Waals surface area contributed by atoms with Gasteiger partial charge in [0.2, 0.25) is 5.91 Å². The van der Waals surface area contributed by atoms with Crippen molar-refractivity contribution in [2.45, 2.75) is 32.7 Å². The first kappa shape index (κ1) is 14.0. The van der Waals surface area contributed by atoms with Crippen LogP contribution in [0.15, 0.2) is 18.3 Å². The minimum atomic E-state index is -0.201. The van der Waals surface area contributed by atoms with Crippen molar-refractivity contribution < 1.29 is 4.79 Å². The van der Waals surface area contributed by atoms with E-state index < -0.39 is 0 Å². The molecule has 0 aliphatic heterocycles. The summed E-state index contributed by atoms with van der Waals surface area (Å²) >= 11 is 0. The van der Waals surface area contributed by atoms with Crippen LogP contribution >= 0.6 is 0 Å². The summed E-state index contributed by atoms with van der Waals surface area (Å²) in [6.07, 6.45) is 1.98. The van der Waals surface area contributed by atoms with Crippen LogP contribution in [0.5, 0.6) is 0 Å². The SMILES string of the molecule is CC(C)(C)NC(=O)CCNc1ccc(C#N)nc1. The van der Waals surface area contributed by atoms with Crippen LogP contribution in [0, 0.1) is 11.3 Å². The van der Waals surface area contributed by atoms with E-state index in [1.54, 1.807) is 18.3 Å². The van der Waals surface area contributed by atoms with Crippen LogP contribution in [-0.2, 0) is 4.79 Å². The lowest BCUT2D eigenvalue weighted by Crippen LogP contribution is -2.41. The Balaban J connectivity index is 2.33. The van der Waals surface area contributed by atoms with E-state index in [-0.39, 0.29) is 11.4 Å². The molecule has 5 nitrogen and oxygen atoms in total. The van der Waals surface area contributed by atoms with Gasteiger partial charge in [0, 0.05) is 18.5 Å². The van der Waals surface area contributed by atoms with Gasteiger partial charge in [0.05, 0.1) is 11.9 Å². The molecule has 1 rings (SSSR count). The largest absolute Gasteiger partial charge is 0.383 e. The standard InChI is InChI=1S/C13H18N4O/c1-13(2,3)17-12(18)6-7-15-11-5-4-10(8-14)16-9-11/h4-5,9,15H,6-7H2,1-3H3,(H,17,18). The highest BCUT2D eigenvalue weighted by Gasteiger charge is 2.12. The van der Waals surface area contributed by atoms with Crippen LogP contribution < -0.4 is 10.6 Å². The fourth-order valence-corrected chi connectivity index (χ4v) is 1.37. The molecule has 0 aliphatic rings. The molecule has 1 aromatic rings. The van der Waals surface area contributed by atoms with Crippen LogP contribution in [0.1, 0.15) is 32.9 Å². The summed E-state index contributed by atoms with van der Waals surface area (Å²) in [5.74, 6) is 0.0107. The normalized spacial score (nSPS) is 10.6. The number of hydrogen-bond acceptors (Lipinski definition) is 4. The number of rotatable bonds is 4. The Morgan fingerprint density at radius 3 is 2.67 bits per heavy atom. The van der Waals surface area contributed by atoms with Gasteiger partial charge in [-0.25, -0.2) is 4.98 Å². The van der Waals surface area contributed by atoms with Gasteiger partial charge >= 0.3 is 0 Å². The number of carbonyl (C=O) groups is 1. The Hall–Kier alpha value is -2.09. The third-order valence-corrected chi connectivity index (χ3v) is 2.07. The second-order valence-electron chi connectivity index (χ2n) is 5.02. The van der Waals surface area contributed by atoms with Gasteiger partial charge in [-0.2, -0.15) is 5.26 Å². The molecule has 0 saturated carbocycles. The fourth-order valence-electron chi connectivity index (χ4n) is 1.37. The molecule has 0 aromatic carbocycles. The molecule has 5 heteroatoms. The van der Waals surface area contributed by atoms with Gasteiger partial charge in [-0.1, -0.05) is 0 Å². The molecule has 1 amide bonds. The Bertz CT molecular complexity index is 440. The summed E-state index contributed by atoms with van der Waals surface area (Å²) in [6.45, 7) is 6.38. The lowest BCUT2D eigenvalue weighted by atomic mass is 10.1. The van der Waals surface area contributed by atoms with Crippen LogP contribution in [0.2, 0.25) is 0 Å². The van der Waals surface area contributed by atoms with Gasteiger partial charge in [-0.05, 0) is 32.9 Å². The molecule has 0 atom stereocenters.